The molecule has 1 saturated heterocycles. The summed E-state index contributed by atoms with van der Waals surface area (Å²) in [6.45, 7) is 2.23. The fourth-order valence-corrected chi connectivity index (χ4v) is 3.02. The molecule has 0 aromatic heterocycles. The highest BCUT2D eigenvalue weighted by atomic mass is 35.5. The summed E-state index contributed by atoms with van der Waals surface area (Å²) in [7, 11) is 4.32. The minimum atomic E-state index is 0.525. The Morgan fingerprint density at radius 1 is 1.44 bits per heavy atom. The Balaban J connectivity index is 2.12. The summed E-state index contributed by atoms with van der Waals surface area (Å²) in [5, 5.41) is 0.769. The van der Waals surface area contributed by atoms with Crippen molar-refractivity contribution in [3.63, 3.8) is 0 Å². The van der Waals surface area contributed by atoms with E-state index in [-0.39, 0.29) is 0 Å². The lowest BCUT2D eigenvalue weighted by Crippen LogP contribution is -2.36. The predicted molar refractivity (Wildman–Crippen MR) is 79.9 cm³/mol. The fraction of sp³-hybridized carbons (Fsp3) is 0.571. The molecule has 2 rings (SSSR count). The van der Waals surface area contributed by atoms with Crippen LogP contribution in [0.2, 0.25) is 5.02 Å². The zero-order valence-electron chi connectivity index (χ0n) is 11.0. The molecular formula is C14H20Cl2N2. The molecule has 0 bridgehead atoms. The Kier molecular flexibility index (Phi) is 4.77. The van der Waals surface area contributed by atoms with Gasteiger partial charge >= 0.3 is 0 Å². The summed E-state index contributed by atoms with van der Waals surface area (Å²) >= 11 is 12.1. The van der Waals surface area contributed by atoms with Crippen molar-refractivity contribution in [2.24, 2.45) is 0 Å². The highest BCUT2D eigenvalue weighted by Crippen LogP contribution is 2.27. The third-order valence-corrected chi connectivity index (χ3v) is 4.28. The fourth-order valence-electron chi connectivity index (χ4n) is 2.63. The Labute approximate surface area is 119 Å². The molecule has 1 aliphatic heterocycles. The number of anilines is 1. The molecular weight excluding hydrogens is 267 g/mol. The van der Waals surface area contributed by atoms with Crippen LogP contribution in [0.3, 0.4) is 0 Å². The molecule has 1 aromatic carbocycles. The minimum Gasteiger partial charge on any atom is -0.373 e. The lowest BCUT2D eigenvalue weighted by molar-refractivity contribution is 0.314. The molecule has 1 aromatic rings. The molecule has 2 nitrogen and oxygen atoms in total. The third kappa shape index (κ3) is 3.11. The van der Waals surface area contributed by atoms with Gasteiger partial charge in [0.15, 0.2) is 0 Å². The van der Waals surface area contributed by atoms with Crippen LogP contribution in [0.25, 0.3) is 0 Å². The summed E-state index contributed by atoms with van der Waals surface area (Å²) in [6.07, 6.45) is 2.57. The van der Waals surface area contributed by atoms with E-state index in [9.17, 15) is 0 Å². The first-order valence-corrected chi connectivity index (χ1v) is 7.29. The molecule has 100 valence electrons. The standard InChI is InChI=1S/C14H20Cl2N2/c1-17-7-3-4-13(17)10-18(2)14-8-12(16)6-5-11(14)9-15/h5-6,8,13H,3-4,7,9-10H2,1-2H3. The monoisotopic (exact) mass is 286 g/mol. The van der Waals surface area contributed by atoms with Crippen LogP contribution in [-0.4, -0.2) is 38.1 Å². The summed E-state index contributed by atoms with van der Waals surface area (Å²) < 4.78 is 0. The normalized spacial score (nSPS) is 20.3. The van der Waals surface area contributed by atoms with Gasteiger partial charge in [-0.05, 0) is 44.1 Å². The number of hydrogen-bond donors (Lipinski definition) is 0. The number of likely N-dealkylation sites (tertiary alicyclic amines) is 1. The molecule has 0 aliphatic carbocycles. The van der Waals surface area contributed by atoms with Gasteiger partial charge in [-0.2, -0.15) is 0 Å². The molecule has 0 spiro atoms. The Hall–Kier alpha value is -0.440. The summed E-state index contributed by atoms with van der Waals surface area (Å²) in [6, 6.07) is 6.56. The number of halogens is 2. The van der Waals surface area contributed by atoms with E-state index < -0.39 is 0 Å². The minimum absolute atomic E-state index is 0.525. The van der Waals surface area contributed by atoms with Gasteiger partial charge in [0.2, 0.25) is 0 Å². The number of alkyl halides is 1. The number of hydrogen-bond acceptors (Lipinski definition) is 2. The van der Waals surface area contributed by atoms with E-state index in [1.54, 1.807) is 0 Å². The van der Waals surface area contributed by atoms with Crippen molar-refractivity contribution in [2.75, 3.05) is 32.1 Å². The number of likely N-dealkylation sites (N-methyl/N-ethyl adjacent to an activating group) is 2. The van der Waals surface area contributed by atoms with E-state index in [0.29, 0.717) is 11.9 Å². The summed E-state index contributed by atoms with van der Waals surface area (Å²) in [5.74, 6) is 0.525. The smallest absolute Gasteiger partial charge is 0.0494 e. The average molecular weight is 287 g/mol. The topological polar surface area (TPSA) is 6.48 Å². The molecule has 4 heteroatoms. The van der Waals surface area contributed by atoms with Crippen molar-refractivity contribution in [1.29, 1.82) is 0 Å². The van der Waals surface area contributed by atoms with Gasteiger partial charge in [-0.15, -0.1) is 11.6 Å². The van der Waals surface area contributed by atoms with E-state index in [0.717, 1.165) is 22.8 Å². The average Bonchev–Trinajstić information content (AvgIpc) is 2.75. The molecule has 0 saturated carbocycles. The van der Waals surface area contributed by atoms with Crippen molar-refractivity contribution in [3.8, 4) is 0 Å². The molecule has 18 heavy (non-hydrogen) atoms. The molecule has 1 heterocycles. The molecule has 1 atom stereocenters. The first kappa shape index (κ1) is 14.0. The first-order chi connectivity index (χ1) is 8.61. The van der Waals surface area contributed by atoms with Gasteiger partial charge in [0.1, 0.15) is 0 Å². The van der Waals surface area contributed by atoms with Crippen molar-refractivity contribution < 1.29 is 0 Å². The van der Waals surface area contributed by atoms with Crippen LogP contribution in [0.15, 0.2) is 18.2 Å². The quantitative estimate of drug-likeness (QED) is 0.781. The lowest BCUT2D eigenvalue weighted by Gasteiger charge is -2.28. The zero-order chi connectivity index (χ0) is 13.1. The van der Waals surface area contributed by atoms with Crippen LogP contribution in [0.5, 0.6) is 0 Å². The van der Waals surface area contributed by atoms with Gasteiger partial charge in [0, 0.05) is 36.2 Å². The lowest BCUT2D eigenvalue weighted by atomic mass is 10.1. The van der Waals surface area contributed by atoms with E-state index >= 15 is 0 Å². The van der Waals surface area contributed by atoms with Crippen LogP contribution in [0, 0.1) is 0 Å². The first-order valence-electron chi connectivity index (χ1n) is 6.37. The molecule has 0 N–H and O–H groups in total. The van der Waals surface area contributed by atoms with Crippen LogP contribution in [-0.2, 0) is 5.88 Å². The van der Waals surface area contributed by atoms with Crippen LogP contribution in [0.1, 0.15) is 18.4 Å². The van der Waals surface area contributed by atoms with Gasteiger partial charge in [0.25, 0.3) is 0 Å². The highest BCUT2D eigenvalue weighted by molar-refractivity contribution is 6.31. The molecule has 0 amide bonds. The van der Waals surface area contributed by atoms with Crippen molar-refractivity contribution in [1.82, 2.24) is 4.90 Å². The van der Waals surface area contributed by atoms with Crippen molar-refractivity contribution in [3.05, 3.63) is 28.8 Å². The number of benzene rings is 1. The van der Waals surface area contributed by atoms with Gasteiger partial charge in [0.05, 0.1) is 0 Å². The van der Waals surface area contributed by atoms with E-state index in [4.69, 9.17) is 23.2 Å². The van der Waals surface area contributed by atoms with Crippen LogP contribution < -0.4 is 4.90 Å². The zero-order valence-corrected chi connectivity index (χ0v) is 12.5. The maximum absolute atomic E-state index is 6.08. The summed E-state index contributed by atoms with van der Waals surface area (Å²) in [4.78, 5) is 4.71. The molecule has 1 fully saturated rings. The molecule has 1 unspecified atom stereocenters. The third-order valence-electron chi connectivity index (χ3n) is 3.76. The van der Waals surface area contributed by atoms with Crippen LogP contribution in [0.4, 0.5) is 5.69 Å². The maximum atomic E-state index is 6.08. The number of nitrogens with zero attached hydrogens (tertiary/aromatic N) is 2. The van der Waals surface area contributed by atoms with E-state index in [1.165, 1.54) is 19.4 Å². The Morgan fingerprint density at radius 3 is 2.83 bits per heavy atom. The van der Waals surface area contributed by atoms with Gasteiger partial charge < -0.3 is 9.80 Å². The second-order valence-electron chi connectivity index (χ2n) is 5.06. The Morgan fingerprint density at radius 2 is 2.22 bits per heavy atom. The Bertz CT molecular complexity index is 409. The predicted octanol–water partition coefficient (Wildman–Crippen LogP) is 3.61. The largest absolute Gasteiger partial charge is 0.373 e. The van der Waals surface area contributed by atoms with Crippen molar-refractivity contribution >= 4 is 28.9 Å². The maximum Gasteiger partial charge on any atom is 0.0494 e. The highest BCUT2D eigenvalue weighted by Gasteiger charge is 2.22. The summed E-state index contributed by atoms with van der Waals surface area (Å²) in [5.41, 5.74) is 2.29. The van der Waals surface area contributed by atoms with Crippen molar-refractivity contribution in [2.45, 2.75) is 24.8 Å². The van der Waals surface area contributed by atoms with Gasteiger partial charge in [-0.1, -0.05) is 17.7 Å². The van der Waals surface area contributed by atoms with Gasteiger partial charge in [-0.3, -0.25) is 0 Å². The van der Waals surface area contributed by atoms with Crippen LogP contribution >= 0.6 is 23.2 Å². The van der Waals surface area contributed by atoms with Gasteiger partial charge in [-0.25, -0.2) is 0 Å². The molecule has 1 aliphatic rings. The van der Waals surface area contributed by atoms with E-state index in [2.05, 4.69) is 23.9 Å². The second-order valence-corrected chi connectivity index (χ2v) is 5.77. The number of rotatable bonds is 4. The molecule has 0 radical (unpaired) electrons. The van der Waals surface area contributed by atoms with E-state index in [1.807, 2.05) is 18.2 Å². The SMILES string of the molecule is CN(CC1CCCN1C)c1cc(Cl)ccc1CCl. The second kappa shape index (κ2) is 6.14.